The Bertz CT molecular complexity index is 578. The van der Waals surface area contributed by atoms with Crippen molar-refractivity contribution in [3.63, 3.8) is 0 Å². The maximum atomic E-state index is 12.0. The lowest BCUT2D eigenvalue weighted by Crippen LogP contribution is -2.39. The third-order valence-electron chi connectivity index (χ3n) is 5.74. The minimum absolute atomic E-state index is 0.0549. The Balaban J connectivity index is 1.48. The van der Waals surface area contributed by atoms with E-state index in [1.165, 1.54) is 24.0 Å². The zero-order valence-electron chi connectivity index (χ0n) is 15.3. The van der Waals surface area contributed by atoms with Crippen molar-refractivity contribution in [2.75, 3.05) is 26.2 Å². The first-order valence-electron chi connectivity index (χ1n) is 9.52. The fourth-order valence-electron chi connectivity index (χ4n) is 3.42. The van der Waals surface area contributed by atoms with E-state index in [0.29, 0.717) is 13.1 Å². The van der Waals surface area contributed by atoms with Crippen LogP contribution in [0.5, 0.6) is 0 Å². The number of carbonyl (C=O) groups excluding carboxylic acids is 1. The van der Waals surface area contributed by atoms with E-state index in [9.17, 15) is 9.90 Å². The van der Waals surface area contributed by atoms with Crippen LogP contribution in [0.25, 0.3) is 0 Å². The van der Waals surface area contributed by atoms with Crippen LogP contribution < -0.4 is 10.6 Å². The first-order valence-corrected chi connectivity index (χ1v) is 9.52. The third-order valence-corrected chi connectivity index (χ3v) is 5.74. The van der Waals surface area contributed by atoms with E-state index in [1.54, 1.807) is 0 Å². The number of aliphatic hydroxyl groups excluding tert-OH is 1. The van der Waals surface area contributed by atoms with E-state index in [0.717, 1.165) is 38.4 Å². The van der Waals surface area contributed by atoms with Gasteiger partial charge in [-0.15, -0.1) is 0 Å². The normalized spacial score (nSPS) is 20.2. The van der Waals surface area contributed by atoms with Crippen LogP contribution in [-0.2, 0) is 13.1 Å². The Hall–Kier alpha value is -1.59. The molecular formula is C20H31N3O2. The maximum absolute atomic E-state index is 12.0. The molecule has 5 nitrogen and oxygen atoms in total. The van der Waals surface area contributed by atoms with Crippen molar-refractivity contribution < 1.29 is 9.90 Å². The van der Waals surface area contributed by atoms with Gasteiger partial charge in [0.1, 0.15) is 0 Å². The molecule has 1 saturated carbocycles. The molecule has 1 heterocycles. The predicted octanol–water partition coefficient (Wildman–Crippen LogP) is 2.49. The molecule has 0 bridgehead atoms. The summed E-state index contributed by atoms with van der Waals surface area (Å²) in [7, 11) is 0. The van der Waals surface area contributed by atoms with Gasteiger partial charge in [-0.2, -0.15) is 0 Å². The molecule has 0 unspecified atom stereocenters. The second-order valence-electron chi connectivity index (χ2n) is 7.92. The van der Waals surface area contributed by atoms with Gasteiger partial charge in [0, 0.05) is 25.0 Å². The summed E-state index contributed by atoms with van der Waals surface area (Å²) in [6.45, 7) is 6.86. The lowest BCUT2D eigenvalue weighted by molar-refractivity contribution is 0.184. The number of hydrogen-bond acceptors (Lipinski definition) is 3. The second kappa shape index (κ2) is 8.19. The molecule has 1 aliphatic carbocycles. The van der Waals surface area contributed by atoms with Crippen LogP contribution in [0.2, 0.25) is 0 Å². The highest BCUT2D eigenvalue weighted by Crippen LogP contribution is 2.44. The van der Waals surface area contributed by atoms with Crippen molar-refractivity contribution in [1.82, 2.24) is 15.5 Å². The number of carbonyl (C=O) groups is 1. The van der Waals surface area contributed by atoms with Crippen LogP contribution >= 0.6 is 0 Å². The first kappa shape index (κ1) is 18.2. The van der Waals surface area contributed by atoms with Gasteiger partial charge in [-0.25, -0.2) is 4.79 Å². The van der Waals surface area contributed by atoms with Gasteiger partial charge >= 0.3 is 6.03 Å². The lowest BCUT2D eigenvalue weighted by Gasteiger charge is -2.30. The van der Waals surface area contributed by atoms with Gasteiger partial charge in [0.05, 0.1) is 6.61 Å². The summed E-state index contributed by atoms with van der Waals surface area (Å²) in [5, 5.41) is 15.2. The van der Waals surface area contributed by atoms with Crippen molar-refractivity contribution in [2.24, 2.45) is 11.3 Å². The molecule has 5 heteroatoms. The smallest absolute Gasteiger partial charge is 0.315 e. The maximum Gasteiger partial charge on any atom is 0.315 e. The fourth-order valence-corrected chi connectivity index (χ4v) is 3.42. The quantitative estimate of drug-likeness (QED) is 0.711. The van der Waals surface area contributed by atoms with E-state index in [2.05, 4.69) is 40.7 Å². The van der Waals surface area contributed by atoms with E-state index in [1.807, 2.05) is 6.07 Å². The van der Waals surface area contributed by atoms with Gasteiger partial charge in [0.15, 0.2) is 0 Å². The molecule has 0 spiro atoms. The van der Waals surface area contributed by atoms with E-state index in [4.69, 9.17) is 0 Å². The zero-order valence-corrected chi connectivity index (χ0v) is 15.3. The van der Waals surface area contributed by atoms with Crippen LogP contribution in [0, 0.1) is 11.3 Å². The summed E-state index contributed by atoms with van der Waals surface area (Å²) < 4.78 is 0. The number of piperidine rings is 1. The Morgan fingerprint density at radius 3 is 2.52 bits per heavy atom. The topological polar surface area (TPSA) is 64.6 Å². The monoisotopic (exact) mass is 345 g/mol. The van der Waals surface area contributed by atoms with Crippen LogP contribution in [-0.4, -0.2) is 42.3 Å². The van der Waals surface area contributed by atoms with E-state index in [-0.39, 0.29) is 18.1 Å². The van der Waals surface area contributed by atoms with E-state index >= 15 is 0 Å². The molecule has 0 radical (unpaired) electrons. The number of nitrogens with zero attached hydrogens (tertiary/aromatic N) is 1. The molecule has 1 aromatic carbocycles. The second-order valence-corrected chi connectivity index (χ2v) is 7.92. The Kier molecular flexibility index (Phi) is 5.97. The summed E-state index contributed by atoms with van der Waals surface area (Å²) in [6.07, 6.45) is 4.55. The van der Waals surface area contributed by atoms with Gasteiger partial charge in [0.2, 0.25) is 0 Å². The molecule has 3 rings (SSSR count). The Morgan fingerprint density at radius 2 is 1.88 bits per heavy atom. The molecule has 0 atom stereocenters. The first-order chi connectivity index (χ1) is 12.1. The molecule has 2 aliphatic rings. The molecule has 25 heavy (non-hydrogen) atoms. The Morgan fingerprint density at radius 1 is 1.20 bits per heavy atom. The van der Waals surface area contributed by atoms with Crippen molar-refractivity contribution in [3.8, 4) is 0 Å². The molecule has 2 amide bonds. The fraction of sp³-hybridized carbons (Fsp3) is 0.650. The number of hydrogen-bond donors (Lipinski definition) is 3. The average Bonchev–Trinajstić information content (AvgIpc) is 3.42. The Labute approximate surface area is 150 Å². The molecular weight excluding hydrogens is 314 g/mol. The predicted molar refractivity (Wildman–Crippen MR) is 99.1 cm³/mol. The van der Waals surface area contributed by atoms with Gasteiger partial charge in [-0.3, -0.25) is 4.90 Å². The SMILES string of the molecule is CC1CCN(Cc2ccccc2CNC(=O)NCC2(CO)CC2)CC1. The molecule has 3 N–H and O–H groups in total. The van der Waals surface area contributed by atoms with Crippen molar-refractivity contribution >= 4 is 6.03 Å². The highest BCUT2D eigenvalue weighted by atomic mass is 16.3. The number of likely N-dealkylation sites (tertiary alicyclic amines) is 1. The van der Waals surface area contributed by atoms with Crippen LogP contribution in [0.1, 0.15) is 43.7 Å². The van der Waals surface area contributed by atoms with Crippen LogP contribution in [0.15, 0.2) is 24.3 Å². The highest BCUT2D eigenvalue weighted by Gasteiger charge is 2.42. The van der Waals surface area contributed by atoms with Crippen molar-refractivity contribution in [1.29, 1.82) is 0 Å². The van der Waals surface area contributed by atoms with Gasteiger partial charge < -0.3 is 15.7 Å². The van der Waals surface area contributed by atoms with Crippen LogP contribution in [0.4, 0.5) is 4.79 Å². The molecule has 138 valence electrons. The average molecular weight is 345 g/mol. The number of benzene rings is 1. The summed E-state index contributed by atoms with van der Waals surface area (Å²) >= 11 is 0. The van der Waals surface area contributed by atoms with Crippen molar-refractivity contribution in [2.45, 2.75) is 45.7 Å². The van der Waals surface area contributed by atoms with E-state index < -0.39 is 0 Å². The summed E-state index contributed by atoms with van der Waals surface area (Å²) in [4.78, 5) is 14.5. The summed E-state index contributed by atoms with van der Waals surface area (Å²) in [6, 6.07) is 8.21. The molecule has 1 aliphatic heterocycles. The highest BCUT2D eigenvalue weighted by molar-refractivity contribution is 5.74. The van der Waals surface area contributed by atoms with Gasteiger partial charge in [-0.1, -0.05) is 31.2 Å². The van der Waals surface area contributed by atoms with Gasteiger partial charge in [-0.05, 0) is 55.8 Å². The molecule has 2 fully saturated rings. The summed E-state index contributed by atoms with van der Waals surface area (Å²) in [5.74, 6) is 0.838. The minimum atomic E-state index is -0.152. The lowest BCUT2D eigenvalue weighted by atomic mass is 9.98. The summed E-state index contributed by atoms with van der Waals surface area (Å²) in [5.41, 5.74) is 2.42. The zero-order chi connectivity index (χ0) is 17.7. The number of nitrogens with one attached hydrogen (secondary N) is 2. The standard InChI is InChI=1S/C20H31N3O2/c1-16-6-10-23(11-7-16)13-18-5-3-2-4-17(18)12-21-19(25)22-14-20(15-24)8-9-20/h2-5,16,24H,6-15H2,1H3,(H2,21,22,25). The molecule has 1 aromatic rings. The molecule has 1 saturated heterocycles. The largest absolute Gasteiger partial charge is 0.396 e. The van der Waals surface area contributed by atoms with Gasteiger partial charge in [0.25, 0.3) is 0 Å². The molecule has 0 aromatic heterocycles. The van der Waals surface area contributed by atoms with Crippen molar-refractivity contribution in [3.05, 3.63) is 35.4 Å². The van der Waals surface area contributed by atoms with Crippen LogP contribution in [0.3, 0.4) is 0 Å². The number of rotatable bonds is 7. The minimum Gasteiger partial charge on any atom is -0.396 e. The number of aliphatic hydroxyl groups is 1. The number of amides is 2. The third kappa shape index (κ3) is 5.19. The number of urea groups is 1.